The van der Waals surface area contributed by atoms with Crippen molar-refractivity contribution in [2.75, 3.05) is 0 Å². The zero-order chi connectivity index (χ0) is 20.1. The molecule has 1 aromatic carbocycles. The molecular formula is C20H13FN6O2. The van der Waals surface area contributed by atoms with Gasteiger partial charge in [-0.25, -0.2) is 9.78 Å². The Labute approximate surface area is 162 Å². The largest absolute Gasteiger partial charge is 0.325 e. The summed E-state index contributed by atoms with van der Waals surface area (Å²) < 4.78 is 15.3. The number of benzene rings is 1. The van der Waals surface area contributed by atoms with E-state index in [-0.39, 0.29) is 23.1 Å². The van der Waals surface area contributed by atoms with Crippen molar-refractivity contribution < 1.29 is 4.39 Å². The van der Waals surface area contributed by atoms with Crippen molar-refractivity contribution in [2.45, 2.75) is 18.3 Å². The number of halogens is 1. The van der Waals surface area contributed by atoms with Crippen molar-refractivity contribution in [3.8, 4) is 17.3 Å². The number of aromatic nitrogens is 5. The summed E-state index contributed by atoms with van der Waals surface area (Å²) in [5, 5.41) is 13.1. The summed E-state index contributed by atoms with van der Waals surface area (Å²) in [7, 11) is 0. The summed E-state index contributed by atoms with van der Waals surface area (Å²) in [5.74, 6) is -0.356. The standard InChI is InChI=1S/C20H13FN6O2/c21-17-9-23-18-14(13-5-12(13)11-3-1-10(7-22)2-4-11)6-16(26-27(17)18)15-8-24-20(29)25-19(15)28/h1-4,6,8-9,12-13H,5H2,(H2,24,25,28,29)/t12-,13?/m0/s1. The number of nitrogens with one attached hydrogen (secondary N) is 2. The normalized spacial score (nSPS) is 17.9. The van der Waals surface area contributed by atoms with Gasteiger partial charge >= 0.3 is 5.69 Å². The number of imidazole rings is 1. The van der Waals surface area contributed by atoms with Crippen LogP contribution in [0.1, 0.15) is 34.9 Å². The Hall–Kier alpha value is -4.06. The molecule has 0 spiro atoms. The van der Waals surface area contributed by atoms with E-state index in [1.807, 2.05) is 12.1 Å². The summed E-state index contributed by atoms with van der Waals surface area (Å²) in [4.78, 5) is 32.2. The summed E-state index contributed by atoms with van der Waals surface area (Å²) >= 11 is 0. The number of hydrogen-bond acceptors (Lipinski definition) is 5. The van der Waals surface area contributed by atoms with Gasteiger partial charge in [0.05, 0.1) is 29.1 Å². The van der Waals surface area contributed by atoms with Gasteiger partial charge < -0.3 is 4.98 Å². The summed E-state index contributed by atoms with van der Waals surface area (Å²) in [6, 6.07) is 11.2. The van der Waals surface area contributed by atoms with Crippen LogP contribution >= 0.6 is 0 Å². The summed E-state index contributed by atoms with van der Waals surface area (Å²) in [6.45, 7) is 0. The molecule has 8 nitrogen and oxygen atoms in total. The molecular weight excluding hydrogens is 375 g/mol. The molecule has 2 atom stereocenters. The quantitative estimate of drug-likeness (QED) is 0.557. The van der Waals surface area contributed by atoms with Crippen molar-refractivity contribution in [3.63, 3.8) is 0 Å². The Morgan fingerprint density at radius 2 is 2.00 bits per heavy atom. The third-order valence-electron chi connectivity index (χ3n) is 5.21. The van der Waals surface area contributed by atoms with E-state index in [0.29, 0.717) is 11.2 Å². The van der Waals surface area contributed by atoms with Gasteiger partial charge in [-0.3, -0.25) is 9.78 Å². The maximum Gasteiger partial charge on any atom is 0.325 e. The molecule has 0 aliphatic heterocycles. The lowest BCUT2D eigenvalue weighted by atomic mass is 10.0. The molecule has 1 unspecified atom stereocenters. The molecule has 0 radical (unpaired) electrons. The Balaban J connectivity index is 1.61. The van der Waals surface area contributed by atoms with Crippen LogP contribution in [0.4, 0.5) is 4.39 Å². The molecule has 142 valence electrons. The number of rotatable bonds is 3. The van der Waals surface area contributed by atoms with Crippen LogP contribution in [0.25, 0.3) is 16.9 Å². The molecule has 4 aromatic rings. The lowest BCUT2D eigenvalue weighted by Crippen LogP contribution is -2.23. The first-order valence-electron chi connectivity index (χ1n) is 8.92. The van der Waals surface area contributed by atoms with E-state index in [0.717, 1.165) is 28.3 Å². The Kier molecular flexibility index (Phi) is 3.67. The lowest BCUT2D eigenvalue weighted by Gasteiger charge is -2.07. The van der Waals surface area contributed by atoms with Crippen LogP contribution in [-0.2, 0) is 0 Å². The van der Waals surface area contributed by atoms with Gasteiger partial charge in [0.1, 0.15) is 0 Å². The van der Waals surface area contributed by atoms with E-state index < -0.39 is 17.2 Å². The fourth-order valence-electron chi connectivity index (χ4n) is 3.68. The molecule has 0 saturated heterocycles. The molecule has 3 heterocycles. The van der Waals surface area contributed by atoms with Crippen LogP contribution in [0.2, 0.25) is 0 Å². The van der Waals surface area contributed by atoms with Crippen molar-refractivity contribution in [1.29, 1.82) is 5.26 Å². The number of nitrogens with zero attached hydrogens (tertiary/aromatic N) is 4. The van der Waals surface area contributed by atoms with Crippen LogP contribution in [0.15, 0.2) is 52.3 Å². The summed E-state index contributed by atoms with van der Waals surface area (Å²) in [5.41, 5.74) is 1.99. The van der Waals surface area contributed by atoms with Crippen molar-refractivity contribution >= 4 is 5.65 Å². The van der Waals surface area contributed by atoms with Crippen molar-refractivity contribution in [2.24, 2.45) is 0 Å². The molecule has 1 saturated carbocycles. The highest BCUT2D eigenvalue weighted by Gasteiger charge is 2.41. The fraction of sp³-hybridized carbons (Fsp3) is 0.150. The molecule has 0 amide bonds. The number of fused-ring (bicyclic) bond motifs is 1. The van der Waals surface area contributed by atoms with E-state index in [1.54, 1.807) is 18.2 Å². The van der Waals surface area contributed by atoms with Gasteiger partial charge in [0.25, 0.3) is 5.56 Å². The van der Waals surface area contributed by atoms with Crippen LogP contribution in [0, 0.1) is 17.3 Å². The molecule has 9 heteroatoms. The average Bonchev–Trinajstić information content (AvgIpc) is 3.44. The first kappa shape index (κ1) is 17.1. The Bertz CT molecular complexity index is 1410. The van der Waals surface area contributed by atoms with Gasteiger partial charge in [-0.2, -0.15) is 19.3 Å². The average molecular weight is 388 g/mol. The van der Waals surface area contributed by atoms with E-state index >= 15 is 0 Å². The zero-order valence-corrected chi connectivity index (χ0v) is 14.9. The highest BCUT2D eigenvalue weighted by atomic mass is 19.1. The highest BCUT2D eigenvalue weighted by molar-refractivity contribution is 5.63. The molecule has 29 heavy (non-hydrogen) atoms. The second kappa shape index (κ2) is 6.24. The maximum atomic E-state index is 14.2. The SMILES string of the molecule is N#Cc1ccc([C@@H]2CC2c2cc(-c3c[nH]c(=O)[nH]c3=O)nn3c(F)cnc23)cc1. The smallest absolute Gasteiger partial charge is 0.313 e. The van der Waals surface area contributed by atoms with E-state index in [2.05, 4.69) is 26.1 Å². The topological polar surface area (TPSA) is 120 Å². The molecule has 5 rings (SSSR count). The van der Waals surface area contributed by atoms with E-state index in [1.165, 1.54) is 6.20 Å². The van der Waals surface area contributed by atoms with Crippen LogP contribution in [-0.4, -0.2) is 24.6 Å². The van der Waals surface area contributed by atoms with Crippen molar-refractivity contribution in [1.82, 2.24) is 24.6 Å². The molecule has 1 aliphatic rings. The minimum atomic E-state index is -0.639. The lowest BCUT2D eigenvalue weighted by molar-refractivity contribution is 0.549. The number of nitriles is 1. The highest BCUT2D eigenvalue weighted by Crippen LogP contribution is 2.55. The third-order valence-corrected chi connectivity index (χ3v) is 5.21. The monoisotopic (exact) mass is 388 g/mol. The minimum Gasteiger partial charge on any atom is -0.313 e. The second-order valence-corrected chi connectivity index (χ2v) is 6.97. The molecule has 1 fully saturated rings. The van der Waals surface area contributed by atoms with Gasteiger partial charge in [-0.1, -0.05) is 12.1 Å². The summed E-state index contributed by atoms with van der Waals surface area (Å²) in [6.07, 6.45) is 3.19. The van der Waals surface area contributed by atoms with Gasteiger partial charge in [-0.05, 0) is 42.0 Å². The van der Waals surface area contributed by atoms with Crippen LogP contribution in [0.3, 0.4) is 0 Å². The van der Waals surface area contributed by atoms with Gasteiger partial charge in [-0.15, -0.1) is 0 Å². The van der Waals surface area contributed by atoms with E-state index in [4.69, 9.17) is 5.26 Å². The Morgan fingerprint density at radius 3 is 2.72 bits per heavy atom. The molecule has 2 N–H and O–H groups in total. The van der Waals surface area contributed by atoms with Gasteiger partial charge in [0.15, 0.2) is 5.65 Å². The molecule has 1 aliphatic carbocycles. The van der Waals surface area contributed by atoms with Crippen molar-refractivity contribution in [3.05, 3.63) is 86.2 Å². The van der Waals surface area contributed by atoms with Gasteiger partial charge in [0, 0.05) is 11.8 Å². The first-order valence-corrected chi connectivity index (χ1v) is 8.92. The predicted molar refractivity (Wildman–Crippen MR) is 101 cm³/mol. The maximum absolute atomic E-state index is 14.2. The minimum absolute atomic E-state index is 0.0795. The predicted octanol–water partition coefficient (Wildman–Crippen LogP) is 2.05. The molecule has 3 aromatic heterocycles. The third kappa shape index (κ3) is 2.82. The molecule has 0 bridgehead atoms. The van der Waals surface area contributed by atoms with Crippen LogP contribution < -0.4 is 11.2 Å². The van der Waals surface area contributed by atoms with Gasteiger partial charge in [0.2, 0.25) is 5.95 Å². The number of aromatic amines is 2. The zero-order valence-electron chi connectivity index (χ0n) is 14.9. The number of hydrogen-bond donors (Lipinski definition) is 2. The van der Waals surface area contributed by atoms with E-state index in [9.17, 15) is 14.0 Å². The van der Waals surface area contributed by atoms with Crippen LogP contribution in [0.5, 0.6) is 0 Å². The Morgan fingerprint density at radius 1 is 1.21 bits per heavy atom. The first-order chi connectivity index (χ1) is 14.0. The fourth-order valence-corrected chi connectivity index (χ4v) is 3.68. The number of H-pyrrole nitrogens is 2. The second-order valence-electron chi connectivity index (χ2n) is 6.97.